The molecule has 21 heavy (non-hydrogen) atoms. The summed E-state index contributed by atoms with van der Waals surface area (Å²) >= 11 is 3.30. The highest BCUT2D eigenvalue weighted by molar-refractivity contribution is 9.10. The summed E-state index contributed by atoms with van der Waals surface area (Å²) in [5.74, 6) is -0.116. The second kappa shape index (κ2) is 7.00. The first-order valence-electron chi connectivity index (χ1n) is 6.54. The van der Waals surface area contributed by atoms with Gasteiger partial charge in [0.05, 0.1) is 0 Å². The zero-order chi connectivity index (χ0) is 15.4. The first-order valence-corrected chi connectivity index (χ1v) is 7.34. The molecule has 0 bridgehead atoms. The monoisotopic (exact) mass is 355 g/mol. The van der Waals surface area contributed by atoms with E-state index in [2.05, 4.69) is 21.2 Å². The van der Waals surface area contributed by atoms with Gasteiger partial charge in [-0.1, -0.05) is 15.9 Å². The first-order chi connectivity index (χ1) is 10.0. The van der Waals surface area contributed by atoms with Gasteiger partial charge in [0.2, 0.25) is 0 Å². The molecule has 5 heteroatoms. The molecule has 112 valence electrons. The quantitative estimate of drug-likeness (QED) is 0.846. The van der Waals surface area contributed by atoms with Crippen LogP contribution in [0.5, 0.6) is 5.75 Å². The summed E-state index contributed by atoms with van der Waals surface area (Å²) in [6, 6.07) is 8.93. The highest BCUT2D eigenvalue weighted by Crippen LogP contribution is 2.27. The molecule has 1 atom stereocenters. The minimum Gasteiger partial charge on any atom is -0.488 e. The summed E-state index contributed by atoms with van der Waals surface area (Å²) in [5, 5.41) is 3.04. The molecule has 2 nitrogen and oxygen atoms in total. The number of rotatable bonds is 5. The lowest BCUT2D eigenvalue weighted by Gasteiger charge is -2.17. The van der Waals surface area contributed by atoms with Crippen LogP contribution in [0.2, 0.25) is 0 Å². The van der Waals surface area contributed by atoms with Gasteiger partial charge in [0, 0.05) is 21.6 Å². The molecule has 0 fully saturated rings. The van der Waals surface area contributed by atoms with E-state index in [1.54, 1.807) is 25.2 Å². The van der Waals surface area contributed by atoms with Gasteiger partial charge < -0.3 is 10.1 Å². The zero-order valence-corrected chi connectivity index (χ0v) is 13.4. The molecule has 0 radical (unpaired) electrons. The second-order valence-electron chi connectivity index (χ2n) is 4.72. The Morgan fingerprint density at radius 2 is 1.95 bits per heavy atom. The van der Waals surface area contributed by atoms with Crippen molar-refractivity contribution < 1.29 is 13.5 Å². The topological polar surface area (TPSA) is 21.3 Å². The van der Waals surface area contributed by atoms with Crippen molar-refractivity contribution >= 4 is 15.9 Å². The Labute approximate surface area is 131 Å². The number of nitrogens with one attached hydrogen (secondary N) is 1. The Balaban J connectivity index is 2.21. The van der Waals surface area contributed by atoms with Crippen molar-refractivity contribution in [3.8, 4) is 5.75 Å². The van der Waals surface area contributed by atoms with Crippen LogP contribution in [0.3, 0.4) is 0 Å². The Kier molecular flexibility index (Phi) is 5.31. The summed E-state index contributed by atoms with van der Waals surface area (Å²) < 4.78 is 33.5. The van der Waals surface area contributed by atoms with Crippen LogP contribution in [-0.2, 0) is 6.61 Å². The van der Waals surface area contributed by atoms with Gasteiger partial charge in [-0.3, -0.25) is 0 Å². The van der Waals surface area contributed by atoms with E-state index >= 15 is 0 Å². The van der Waals surface area contributed by atoms with Gasteiger partial charge in [0.25, 0.3) is 0 Å². The van der Waals surface area contributed by atoms with Crippen molar-refractivity contribution in [1.82, 2.24) is 5.32 Å². The van der Waals surface area contributed by atoms with Crippen molar-refractivity contribution in [2.24, 2.45) is 0 Å². The van der Waals surface area contributed by atoms with Crippen LogP contribution in [0.4, 0.5) is 8.78 Å². The molecule has 0 heterocycles. The Morgan fingerprint density at radius 1 is 1.19 bits per heavy atom. The first kappa shape index (κ1) is 15.9. The molecule has 2 aromatic rings. The lowest BCUT2D eigenvalue weighted by molar-refractivity contribution is 0.293. The second-order valence-corrected chi connectivity index (χ2v) is 5.63. The van der Waals surface area contributed by atoms with Gasteiger partial charge in [-0.05, 0) is 50.4 Å². The molecule has 0 spiro atoms. The van der Waals surface area contributed by atoms with Crippen LogP contribution in [-0.4, -0.2) is 7.05 Å². The zero-order valence-electron chi connectivity index (χ0n) is 11.8. The van der Waals surface area contributed by atoms with Crippen molar-refractivity contribution in [3.05, 3.63) is 63.6 Å². The normalized spacial score (nSPS) is 12.2. The van der Waals surface area contributed by atoms with Crippen LogP contribution in [0.25, 0.3) is 0 Å². The fraction of sp³-hybridized carbons (Fsp3) is 0.250. The molecular formula is C16H16BrF2NO. The lowest BCUT2D eigenvalue weighted by atomic mass is 10.1. The van der Waals surface area contributed by atoms with Crippen LogP contribution in [0.15, 0.2) is 40.9 Å². The van der Waals surface area contributed by atoms with Crippen LogP contribution in [0.1, 0.15) is 24.1 Å². The molecule has 0 aromatic heterocycles. The summed E-state index contributed by atoms with van der Waals surface area (Å²) in [7, 11) is 1.79. The van der Waals surface area contributed by atoms with E-state index < -0.39 is 0 Å². The highest BCUT2D eigenvalue weighted by Gasteiger charge is 2.12. The Morgan fingerprint density at radius 3 is 2.67 bits per heavy atom. The Bertz CT molecular complexity index is 634. The number of hydrogen-bond donors (Lipinski definition) is 1. The fourth-order valence-corrected chi connectivity index (χ4v) is 2.36. The molecule has 0 aliphatic carbocycles. The maximum absolute atomic E-state index is 13.7. The van der Waals surface area contributed by atoms with Crippen molar-refractivity contribution in [1.29, 1.82) is 0 Å². The predicted octanol–water partition coefficient (Wildman–Crippen LogP) is 4.59. The predicted molar refractivity (Wildman–Crippen MR) is 82.3 cm³/mol. The molecule has 1 N–H and O–H groups in total. The fourth-order valence-electron chi connectivity index (χ4n) is 1.95. The SMILES string of the molecule is CNC(C)c1cc(F)ccc1OCc1cc(Br)ccc1F. The third-order valence-electron chi connectivity index (χ3n) is 3.26. The van der Waals surface area contributed by atoms with Gasteiger partial charge in [-0.15, -0.1) is 0 Å². The molecule has 0 aliphatic rings. The van der Waals surface area contributed by atoms with Gasteiger partial charge in [0.15, 0.2) is 0 Å². The van der Waals surface area contributed by atoms with Crippen molar-refractivity contribution in [2.45, 2.75) is 19.6 Å². The molecule has 0 aliphatic heterocycles. The van der Waals surface area contributed by atoms with Crippen molar-refractivity contribution in [2.75, 3.05) is 7.05 Å². The third-order valence-corrected chi connectivity index (χ3v) is 3.76. The third kappa shape index (κ3) is 4.02. The van der Waals surface area contributed by atoms with Gasteiger partial charge in [0.1, 0.15) is 24.0 Å². The van der Waals surface area contributed by atoms with E-state index in [0.29, 0.717) is 16.9 Å². The minimum absolute atomic E-state index is 0.0666. The average Bonchev–Trinajstić information content (AvgIpc) is 2.48. The van der Waals surface area contributed by atoms with E-state index in [1.165, 1.54) is 18.2 Å². The summed E-state index contributed by atoms with van der Waals surface area (Å²) in [6.45, 7) is 1.99. The van der Waals surface area contributed by atoms with Gasteiger partial charge in [-0.25, -0.2) is 8.78 Å². The van der Waals surface area contributed by atoms with Crippen LogP contribution in [0, 0.1) is 11.6 Å². The standard InChI is InChI=1S/C16H16BrF2NO/c1-10(20-2)14-8-13(18)4-6-16(14)21-9-11-7-12(17)3-5-15(11)19/h3-8,10,20H,9H2,1-2H3. The van der Waals surface area contributed by atoms with E-state index in [-0.39, 0.29) is 24.3 Å². The minimum atomic E-state index is -0.330. The summed E-state index contributed by atoms with van der Waals surface area (Å²) in [4.78, 5) is 0. The van der Waals surface area contributed by atoms with E-state index in [9.17, 15) is 8.78 Å². The molecule has 0 saturated carbocycles. The van der Waals surface area contributed by atoms with E-state index in [0.717, 1.165) is 4.47 Å². The van der Waals surface area contributed by atoms with E-state index in [1.807, 2.05) is 6.92 Å². The number of benzene rings is 2. The van der Waals surface area contributed by atoms with Crippen molar-refractivity contribution in [3.63, 3.8) is 0 Å². The lowest BCUT2D eigenvalue weighted by Crippen LogP contribution is -2.14. The van der Waals surface area contributed by atoms with Gasteiger partial charge >= 0.3 is 0 Å². The average molecular weight is 356 g/mol. The Hall–Kier alpha value is -1.46. The molecule has 2 rings (SSSR count). The molecule has 1 unspecified atom stereocenters. The largest absolute Gasteiger partial charge is 0.488 e. The van der Waals surface area contributed by atoms with E-state index in [4.69, 9.17) is 4.74 Å². The highest BCUT2D eigenvalue weighted by atomic mass is 79.9. The number of ether oxygens (including phenoxy) is 1. The molecule has 2 aromatic carbocycles. The maximum Gasteiger partial charge on any atom is 0.129 e. The molecule has 0 saturated heterocycles. The molecule has 0 amide bonds. The number of halogens is 3. The summed E-state index contributed by atoms with van der Waals surface area (Å²) in [5.41, 5.74) is 1.14. The number of hydrogen-bond acceptors (Lipinski definition) is 2. The maximum atomic E-state index is 13.7. The molecular weight excluding hydrogens is 340 g/mol. The smallest absolute Gasteiger partial charge is 0.129 e. The van der Waals surface area contributed by atoms with Crippen LogP contribution >= 0.6 is 15.9 Å². The van der Waals surface area contributed by atoms with Gasteiger partial charge in [-0.2, -0.15) is 0 Å². The van der Waals surface area contributed by atoms with Crippen LogP contribution < -0.4 is 10.1 Å². The summed E-state index contributed by atoms with van der Waals surface area (Å²) in [6.07, 6.45) is 0.